The van der Waals surface area contributed by atoms with E-state index < -0.39 is 0 Å². The van der Waals surface area contributed by atoms with E-state index in [1.165, 1.54) is 61.2 Å². The second kappa shape index (κ2) is 12.3. The highest BCUT2D eigenvalue weighted by atomic mass is 16.3. The van der Waals surface area contributed by atoms with Crippen LogP contribution in [-0.4, -0.2) is 0 Å². The van der Waals surface area contributed by atoms with Gasteiger partial charge in [0.25, 0.3) is 0 Å². The summed E-state index contributed by atoms with van der Waals surface area (Å²) in [5.41, 5.74) is 20.0. The first-order chi connectivity index (χ1) is 27.0. The Morgan fingerprint density at radius 2 is 1.12 bits per heavy atom. The van der Waals surface area contributed by atoms with Gasteiger partial charge in [0.1, 0.15) is 11.2 Å². The van der Waals surface area contributed by atoms with Gasteiger partial charge < -0.3 is 9.32 Å². The third kappa shape index (κ3) is 4.94. The first kappa shape index (κ1) is 34.6. The second-order valence-electron chi connectivity index (χ2n) is 17.6. The highest BCUT2D eigenvalue weighted by molar-refractivity contribution is 6.09. The predicted molar refractivity (Wildman–Crippen MR) is 237 cm³/mol. The minimum atomic E-state index is -0.0886. The van der Waals surface area contributed by atoms with Gasteiger partial charge in [0.15, 0.2) is 0 Å². The van der Waals surface area contributed by atoms with E-state index in [0.29, 0.717) is 0 Å². The topological polar surface area (TPSA) is 16.4 Å². The summed E-state index contributed by atoms with van der Waals surface area (Å²) >= 11 is 0. The highest BCUT2D eigenvalue weighted by Crippen LogP contribution is 2.56. The lowest BCUT2D eigenvalue weighted by atomic mass is 9.73. The Hall–Kier alpha value is -5.86. The molecule has 2 nitrogen and oxygen atoms in total. The van der Waals surface area contributed by atoms with Crippen molar-refractivity contribution in [3.63, 3.8) is 0 Å². The van der Waals surface area contributed by atoms with Gasteiger partial charge in [-0.25, -0.2) is 0 Å². The molecular formula is C54H49NO. The standard InChI is InChI=1S/C54H49NO/c1-8-54(9-2)46-22-13-11-19-41(46)51-39(20-15-23-47(51)54)34-16-14-17-37(30-34)55(36-26-24-35(25-27-36)52(3,4)5)38-28-29-49-43(31-38)44-32-48-42(33-50(44)56-49)40-18-10-12-21-45(40)53(48,6)7/h10-33H,8-9H2,1-7H3. The van der Waals surface area contributed by atoms with Crippen molar-refractivity contribution in [3.05, 3.63) is 173 Å². The second-order valence-corrected chi connectivity index (χ2v) is 17.6. The molecule has 0 amide bonds. The Kier molecular flexibility index (Phi) is 7.62. The number of nitrogens with zero attached hydrogens (tertiary/aromatic N) is 1. The molecule has 2 aliphatic carbocycles. The zero-order valence-electron chi connectivity index (χ0n) is 33.6. The molecule has 1 heterocycles. The molecule has 0 aliphatic heterocycles. The molecule has 10 rings (SSSR count). The molecule has 56 heavy (non-hydrogen) atoms. The van der Waals surface area contributed by atoms with Crippen molar-refractivity contribution >= 4 is 39.0 Å². The van der Waals surface area contributed by atoms with Gasteiger partial charge in [-0.15, -0.1) is 0 Å². The number of rotatable bonds is 6. The maximum absolute atomic E-state index is 6.63. The van der Waals surface area contributed by atoms with Crippen LogP contribution < -0.4 is 4.90 Å². The molecule has 0 N–H and O–H groups in total. The van der Waals surface area contributed by atoms with E-state index >= 15 is 0 Å². The van der Waals surface area contributed by atoms with Gasteiger partial charge in [0.05, 0.1) is 0 Å². The molecule has 0 spiro atoms. The van der Waals surface area contributed by atoms with Crippen LogP contribution in [0.25, 0.3) is 55.3 Å². The molecule has 0 radical (unpaired) electrons. The van der Waals surface area contributed by atoms with Gasteiger partial charge in [0, 0.05) is 38.7 Å². The molecule has 0 unspecified atom stereocenters. The molecule has 8 aromatic rings. The van der Waals surface area contributed by atoms with Crippen LogP contribution in [0.4, 0.5) is 17.1 Å². The van der Waals surface area contributed by atoms with Crippen LogP contribution in [0.2, 0.25) is 0 Å². The first-order valence-corrected chi connectivity index (χ1v) is 20.4. The summed E-state index contributed by atoms with van der Waals surface area (Å²) in [4.78, 5) is 2.42. The van der Waals surface area contributed by atoms with Gasteiger partial charge in [-0.05, 0) is 134 Å². The highest BCUT2D eigenvalue weighted by Gasteiger charge is 2.41. The molecule has 0 saturated carbocycles. The summed E-state index contributed by atoms with van der Waals surface area (Å²) in [6.45, 7) is 16.2. The largest absolute Gasteiger partial charge is 0.456 e. The molecule has 2 heteroatoms. The zero-order chi connectivity index (χ0) is 38.6. The Balaban J connectivity index is 1.15. The molecule has 0 saturated heterocycles. The van der Waals surface area contributed by atoms with E-state index in [2.05, 4.69) is 199 Å². The van der Waals surface area contributed by atoms with E-state index in [4.69, 9.17) is 4.42 Å². The quantitative estimate of drug-likeness (QED) is 0.170. The molecule has 276 valence electrons. The summed E-state index contributed by atoms with van der Waals surface area (Å²) in [6.07, 6.45) is 2.15. The smallest absolute Gasteiger partial charge is 0.136 e. The van der Waals surface area contributed by atoms with Crippen LogP contribution in [0.1, 0.15) is 89.1 Å². The van der Waals surface area contributed by atoms with Crippen LogP contribution >= 0.6 is 0 Å². The molecule has 0 fully saturated rings. The molecule has 1 aromatic heterocycles. The van der Waals surface area contributed by atoms with Crippen LogP contribution in [0.5, 0.6) is 0 Å². The molecule has 2 aliphatic rings. The SMILES string of the molecule is CCC1(CC)c2ccccc2-c2c(-c3cccc(N(c4ccc(C(C)(C)C)cc4)c4ccc5oc6cc7c(cc6c5c4)C(C)(C)c4ccccc4-7)c3)cccc21. The van der Waals surface area contributed by atoms with Crippen molar-refractivity contribution in [1.82, 2.24) is 0 Å². The third-order valence-electron chi connectivity index (χ3n) is 13.3. The number of anilines is 3. The fraction of sp³-hybridized carbons (Fsp3) is 0.222. The minimum Gasteiger partial charge on any atom is -0.456 e. The van der Waals surface area contributed by atoms with Crippen molar-refractivity contribution in [2.75, 3.05) is 4.90 Å². The fourth-order valence-corrected chi connectivity index (χ4v) is 10.2. The van der Waals surface area contributed by atoms with E-state index in [1.54, 1.807) is 0 Å². The number of hydrogen-bond acceptors (Lipinski definition) is 2. The van der Waals surface area contributed by atoms with Crippen LogP contribution in [0.3, 0.4) is 0 Å². The van der Waals surface area contributed by atoms with Crippen molar-refractivity contribution in [2.45, 2.75) is 77.6 Å². The van der Waals surface area contributed by atoms with E-state index in [1.807, 2.05) is 0 Å². The third-order valence-corrected chi connectivity index (χ3v) is 13.3. The fourth-order valence-electron chi connectivity index (χ4n) is 10.2. The van der Waals surface area contributed by atoms with Crippen LogP contribution in [0.15, 0.2) is 150 Å². The Labute approximate surface area is 331 Å². The van der Waals surface area contributed by atoms with E-state index in [0.717, 1.165) is 51.8 Å². The van der Waals surface area contributed by atoms with Crippen molar-refractivity contribution in [3.8, 4) is 33.4 Å². The summed E-state index contributed by atoms with van der Waals surface area (Å²) in [5, 5.41) is 2.29. The average Bonchev–Trinajstić information content (AvgIpc) is 3.80. The number of furan rings is 1. The summed E-state index contributed by atoms with van der Waals surface area (Å²) in [7, 11) is 0. The lowest BCUT2D eigenvalue weighted by molar-refractivity contribution is 0.490. The summed E-state index contributed by atoms with van der Waals surface area (Å²) in [5.74, 6) is 0. The minimum absolute atomic E-state index is 0.0291. The average molecular weight is 728 g/mol. The van der Waals surface area contributed by atoms with Gasteiger partial charge >= 0.3 is 0 Å². The number of hydrogen-bond donors (Lipinski definition) is 0. The maximum Gasteiger partial charge on any atom is 0.136 e. The Bertz CT molecular complexity index is 2840. The molecule has 0 bridgehead atoms. The molecular weight excluding hydrogens is 679 g/mol. The number of benzene rings is 7. The van der Waals surface area contributed by atoms with E-state index in [-0.39, 0.29) is 16.2 Å². The lowest BCUT2D eigenvalue weighted by Gasteiger charge is -2.29. The van der Waals surface area contributed by atoms with Crippen LogP contribution in [-0.2, 0) is 16.2 Å². The maximum atomic E-state index is 6.63. The predicted octanol–water partition coefficient (Wildman–Crippen LogP) is 15.4. The lowest BCUT2D eigenvalue weighted by Crippen LogP contribution is -2.22. The molecule has 7 aromatic carbocycles. The van der Waals surface area contributed by atoms with Crippen molar-refractivity contribution in [1.29, 1.82) is 0 Å². The molecule has 0 atom stereocenters. The van der Waals surface area contributed by atoms with Gasteiger partial charge in [-0.1, -0.05) is 139 Å². The van der Waals surface area contributed by atoms with Gasteiger partial charge in [0.2, 0.25) is 0 Å². The Morgan fingerprint density at radius 1 is 0.500 bits per heavy atom. The van der Waals surface area contributed by atoms with Gasteiger partial charge in [-0.3, -0.25) is 0 Å². The number of fused-ring (bicyclic) bond motifs is 9. The van der Waals surface area contributed by atoms with Crippen LogP contribution in [0, 0.1) is 0 Å². The van der Waals surface area contributed by atoms with Crippen molar-refractivity contribution in [2.24, 2.45) is 0 Å². The van der Waals surface area contributed by atoms with Gasteiger partial charge in [-0.2, -0.15) is 0 Å². The van der Waals surface area contributed by atoms with Crippen molar-refractivity contribution < 1.29 is 4.42 Å². The normalized spacial score (nSPS) is 14.8. The monoisotopic (exact) mass is 727 g/mol. The first-order valence-electron chi connectivity index (χ1n) is 20.4. The summed E-state index contributed by atoms with van der Waals surface area (Å²) in [6, 6.07) is 54.5. The van der Waals surface area contributed by atoms with E-state index in [9.17, 15) is 0 Å². The summed E-state index contributed by atoms with van der Waals surface area (Å²) < 4.78 is 6.63. The zero-order valence-corrected chi connectivity index (χ0v) is 33.6. The Morgan fingerprint density at radius 3 is 1.88 bits per heavy atom.